The SMILES string of the molecule is CCCCC[CH]SC. The van der Waals surface area contributed by atoms with Crippen LogP contribution in [0, 0.1) is 5.75 Å². The maximum Gasteiger partial charge on any atom is 0.0163 e. The Hall–Kier alpha value is 0.350. The van der Waals surface area contributed by atoms with Gasteiger partial charge in [0.1, 0.15) is 0 Å². The fourth-order valence-electron chi connectivity index (χ4n) is 0.596. The molecule has 49 valence electrons. The molecule has 0 spiro atoms. The molecule has 1 heteroatoms. The van der Waals surface area contributed by atoms with Gasteiger partial charge in [0, 0.05) is 5.75 Å². The van der Waals surface area contributed by atoms with Gasteiger partial charge < -0.3 is 0 Å². The van der Waals surface area contributed by atoms with Gasteiger partial charge in [-0.1, -0.05) is 26.2 Å². The molecule has 0 saturated heterocycles. The molecule has 0 rings (SSSR count). The van der Waals surface area contributed by atoms with Crippen LogP contribution in [0.2, 0.25) is 0 Å². The molecule has 0 aromatic rings. The lowest BCUT2D eigenvalue weighted by Crippen LogP contribution is -1.72. The van der Waals surface area contributed by atoms with Crippen LogP contribution in [0.4, 0.5) is 0 Å². The molecule has 0 aromatic heterocycles. The maximum atomic E-state index is 2.27. The highest BCUT2D eigenvalue weighted by molar-refractivity contribution is 8.00. The first-order valence-corrected chi connectivity index (χ1v) is 4.55. The topological polar surface area (TPSA) is 0 Å². The van der Waals surface area contributed by atoms with E-state index in [9.17, 15) is 0 Å². The van der Waals surface area contributed by atoms with Crippen molar-refractivity contribution in [2.24, 2.45) is 0 Å². The Morgan fingerprint density at radius 2 is 2.12 bits per heavy atom. The summed E-state index contributed by atoms with van der Waals surface area (Å²) >= 11 is 1.83. The highest BCUT2D eigenvalue weighted by atomic mass is 32.2. The Morgan fingerprint density at radius 1 is 1.38 bits per heavy atom. The van der Waals surface area contributed by atoms with E-state index in [1.54, 1.807) is 0 Å². The van der Waals surface area contributed by atoms with Crippen molar-refractivity contribution in [2.75, 3.05) is 6.26 Å². The van der Waals surface area contributed by atoms with Crippen LogP contribution in [0.15, 0.2) is 0 Å². The van der Waals surface area contributed by atoms with Gasteiger partial charge in [-0.3, -0.25) is 0 Å². The summed E-state index contributed by atoms with van der Waals surface area (Å²) in [4.78, 5) is 0. The van der Waals surface area contributed by atoms with E-state index < -0.39 is 0 Å². The van der Waals surface area contributed by atoms with Gasteiger partial charge in [0.05, 0.1) is 0 Å². The van der Waals surface area contributed by atoms with Gasteiger partial charge in [0.2, 0.25) is 0 Å². The lowest BCUT2D eigenvalue weighted by molar-refractivity contribution is 0.724. The zero-order valence-electron chi connectivity index (χ0n) is 5.81. The van der Waals surface area contributed by atoms with E-state index in [0.29, 0.717) is 0 Å². The summed E-state index contributed by atoms with van der Waals surface area (Å²) < 4.78 is 0. The minimum absolute atomic E-state index is 1.29. The quantitative estimate of drug-likeness (QED) is 0.517. The van der Waals surface area contributed by atoms with Crippen molar-refractivity contribution in [3.05, 3.63) is 5.75 Å². The lowest BCUT2D eigenvalue weighted by atomic mass is 10.2. The molecule has 0 aromatic carbocycles. The zero-order valence-corrected chi connectivity index (χ0v) is 6.63. The molecule has 0 atom stereocenters. The lowest BCUT2D eigenvalue weighted by Gasteiger charge is -1.93. The molecule has 0 nitrogen and oxygen atoms in total. The zero-order chi connectivity index (χ0) is 6.24. The third-order valence-corrected chi connectivity index (χ3v) is 1.66. The maximum absolute atomic E-state index is 2.27. The van der Waals surface area contributed by atoms with Crippen LogP contribution in [0.25, 0.3) is 0 Å². The van der Waals surface area contributed by atoms with Crippen molar-refractivity contribution >= 4 is 11.8 Å². The number of thioether (sulfide) groups is 1. The van der Waals surface area contributed by atoms with Crippen LogP contribution >= 0.6 is 11.8 Å². The van der Waals surface area contributed by atoms with Crippen LogP contribution in [0.1, 0.15) is 32.6 Å². The van der Waals surface area contributed by atoms with Crippen LogP contribution in [0.3, 0.4) is 0 Å². The fraction of sp³-hybridized carbons (Fsp3) is 0.857. The second kappa shape index (κ2) is 7.35. The first-order chi connectivity index (χ1) is 3.91. The van der Waals surface area contributed by atoms with Crippen molar-refractivity contribution in [3.63, 3.8) is 0 Å². The van der Waals surface area contributed by atoms with E-state index in [2.05, 4.69) is 18.9 Å². The van der Waals surface area contributed by atoms with E-state index in [1.807, 2.05) is 11.8 Å². The standard InChI is InChI=1S/C7H15S/c1-3-4-5-6-7-8-2/h7H,3-6H2,1-2H3. The van der Waals surface area contributed by atoms with E-state index in [0.717, 1.165) is 0 Å². The summed E-state index contributed by atoms with van der Waals surface area (Å²) in [5.41, 5.74) is 0. The first kappa shape index (κ1) is 8.35. The average molecular weight is 131 g/mol. The second-order valence-electron chi connectivity index (χ2n) is 1.90. The number of hydrogen-bond donors (Lipinski definition) is 0. The molecular formula is C7H15S. The third-order valence-electron chi connectivity index (χ3n) is 1.09. The Labute approximate surface area is 57.1 Å². The molecule has 0 N–H and O–H groups in total. The molecule has 0 unspecified atom stereocenters. The average Bonchev–Trinajstić information content (AvgIpc) is 1.81. The minimum Gasteiger partial charge on any atom is -0.161 e. The molecule has 0 aliphatic rings. The molecule has 0 heterocycles. The van der Waals surface area contributed by atoms with Crippen molar-refractivity contribution in [2.45, 2.75) is 32.6 Å². The molecular weight excluding hydrogens is 116 g/mol. The van der Waals surface area contributed by atoms with Gasteiger partial charge in [-0.2, -0.15) is 11.8 Å². The summed E-state index contributed by atoms with van der Waals surface area (Å²) in [5.74, 6) is 2.27. The molecule has 0 bridgehead atoms. The van der Waals surface area contributed by atoms with Crippen molar-refractivity contribution < 1.29 is 0 Å². The van der Waals surface area contributed by atoms with Crippen LogP contribution in [-0.4, -0.2) is 6.26 Å². The predicted molar refractivity (Wildman–Crippen MR) is 42.0 cm³/mol. The van der Waals surface area contributed by atoms with Gasteiger partial charge in [-0.05, 0) is 12.7 Å². The highest BCUT2D eigenvalue weighted by Gasteiger charge is 1.84. The molecule has 1 radical (unpaired) electrons. The summed E-state index contributed by atoms with van der Waals surface area (Å²) in [7, 11) is 0. The van der Waals surface area contributed by atoms with E-state index in [-0.39, 0.29) is 0 Å². The third kappa shape index (κ3) is 6.35. The van der Waals surface area contributed by atoms with Crippen molar-refractivity contribution in [3.8, 4) is 0 Å². The number of rotatable bonds is 5. The summed E-state index contributed by atoms with van der Waals surface area (Å²) in [5, 5.41) is 0. The van der Waals surface area contributed by atoms with E-state index in [1.165, 1.54) is 25.7 Å². The van der Waals surface area contributed by atoms with E-state index >= 15 is 0 Å². The van der Waals surface area contributed by atoms with Gasteiger partial charge in [-0.15, -0.1) is 0 Å². The van der Waals surface area contributed by atoms with Gasteiger partial charge >= 0.3 is 0 Å². The fourth-order valence-corrected chi connectivity index (χ4v) is 0.998. The van der Waals surface area contributed by atoms with Crippen LogP contribution in [-0.2, 0) is 0 Å². The Kier molecular flexibility index (Phi) is 7.67. The Morgan fingerprint density at radius 3 is 2.62 bits per heavy atom. The molecule has 0 aliphatic carbocycles. The van der Waals surface area contributed by atoms with Crippen molar-refractivity contribution in [1.82, 2.24) is 0 Å². The van der Waals surface area contributed by atoms with Crippen molar-refractivity contribution in [1.29, 1.82) is 0 Å². The smallest absolute Gasteiger partial charge is 0.0163 e. The van der Waals surface area contributed by atoms with Gasteiger partial charge in [0.15, 0.2) is 0 Å². The Bertz CT molecular complexity index is 29.4. The molecule has 8 heavy (non-hydrogen) atoms. The molecule has 0 fully saturated rings. The van der Waals surface area contributed by atoms with E-state index in [4.69, 9.17) is 0 Å². The van der Waals surface area contributed by atoms with Gasteiger partial charge in [-0.25, -0.2) is 0 Å². The first-order valence-electron chi connectivity index (χ1n) is 3.26. The molecule has 0 saturated carbocycles. The largest absolute Gasteiger partial charge is 0.161 e. The van der Waals surface area contributed by atoms with Crippen LogP contribution in [0.5, 0.6) is 0 Å². The molecule has 0 aliphatic heterocycles. The summed E-state index contributed by atoms with van der Waals surface area (Å²) in [6.45, 7) is 2.24. The number of unbranched alkanes of at least 4 members (excludes halogenated alkanes) is 3. The number of hydrogen-bond acceptors (Lipinski definition) is 1. The Balaban J connectivity index is 2.53. The molecule has 0 amide bonds. The predicted octanol–water partition coefficient (Wildman–Crippen LogP) is 3.09. The normalized spacial score (nSPS) is 9.75. The summed E-state index contributed by atoms with van der Waals surface area (Å²) in [6, 6.07) is 0. The second-order valence-corrected chi connectivity index (χ2v) is 2.70. The highest BCUT2D eigenvalue weighted by Crippen LogP contribution is 2.08. The summed E-state index contributed by atoms with van der Waals surface area (Å²) in [6.07, 6.45) is 7.50. The van der Waals surface area contributed by atoms with Crippen LogP contribution < -0.4 is 0 Å². The minimum atomic E-state index is 1.29. The van der Waals surface area contributed by atoms with Gasteiger partial charge in [0.25, 0.3) is 0 Å². The monoisotopic (exact) mass is 131 g/mol.